The van der Waals surface area contributed by atoms with Crippen molar-refractivity contribution in [3.05, 3.63) is 40.4 Å². The lowest BCUT2D eigenvalue weighted by atomic mass is 9.91. The monoisotopic (exact) mass is 261 g/mol. The Morgan fingerprint density at radius 1 is 1.22 bits per heavy atom. The standard InChI is InChI=1S/C16H20ClN/c17-14-6-9-16(12-4-2-1-3-5-12)13(10-14)11-18-15-7-8-15/h4,6,9-10,15,18H,1-3,5,7-8,11H2. The molecule has 0 spiro atoms. The number of hydrogen-bond acceptors (Lipinski definition) is 1. The van der Waals surface area contributed by atoms with Gasteiger partial charge in [-0.25, -0.2) is 0 Å². The van der Waals surface area contributed by atoms with Gasteiger partial charge < -0.3 is 5.32 Å². The lowest BCUT2D eigenvalue weighted by molar-refractivity contribution is 0.684. The van der Waals surface area contributed by atoms with E-state index in [1.54, 1.807) is 0 Å². The van der Waals surface area contributed by atoms with Crippen molar-refractivity contribution in [2.24, 2.45) is 0 Å². The summed E-state index contributed by atoms with van der Waals surface area (Å²) in [5.74, 6) is 0. The van der Waals surface area contributed by atoms with E-state index in [9.17, 15) is 0 Å². The first-order valence-electron chi connectivity index (χ1n) is 7.04. The normalized spacial score (nSPS) is 19.7. The predicted octanol–water partition coefficient (Wildman–Crippen LogP) is 4.55. The highest BCUT2D eigenvalue weighted by atomic mass is 35.5. The van der Waals surface area contributed by atoms with Crippen molar-refractivity contribution >= 4 is 17.2 Å². The third-order valence-corrected chi connectivity index (χ3v) is 4.10. The summed E-state index contributed by atoms with van der Waals surface area (Å²) in [6.45, 7) is 0.956. The Hall–Kier alpha value is -0.790. The second-order valence-electron chi connectivity index (χ2n) is 5.43. The van der Waals surface area contributed by atoms with E-state index < -0.39 is 0 Å². The summed E-state index contributed by atoms with van der Waals surface area (Å²) in [6, 6.07) is 7.09. The van der Waals surface area contributed by atoms with Crippen molar-refractivity contribution in [2.45, 2.75) is 51.1 Å². The summed E-state index contributed by atoms with van der Waals surface area (Å²) in [5, 5.41) is 4.44. The number of nitrogens with one attached hydrogen (secondary N) is 1. The summed E-state index contributed by atoms with van der Waals surface area (Å²) in [5.41, 5.74) is 4.29. The van der Waals surface area contributed by atoms with Gasteiger partial charge in [-0.05, 0) is 67.4 Å². The molecule has 18 heavy (non-hydrogen) atoms. The third-order valence-electron chi connectivity index (χ3n) is 3.86. The largest absolute Gasteiger partial charge is 0.310 e. The first kappa shape index (κ1) is 12.3. The summed E-state index contributed by atoms with van der Waals surface area (Å²) < 4.78 is 0. The molecule has 0 bridgehead atoms. The van der Waals surface area contributed by atoms with Crippen LogP contribution in [0, 0.1) is 0 Å². The van der Waals surface area contributed by atoms with Crippen LogP contribution >= 0.6 is 11.6 Å². The van der Waals surface area contributed by atoms with E-state index in [2.05, 4.69) is 23.5 Å². The van der Waals surface area contributed by atoms with Crippen LogP contribution in [0.25, 0.3) is 5.57 Å². The molecule has 3 rings (SSSR count). The van der Waals surface area contributed by atoms with Crippen LogP contribution in [0.3, 0.4) is 0 Å². The van der Waals surface area contributed by atoms with Crippen LogP contribution in [0.15, 0.2) is 24.3 Å². The molecule has 1 aromatic rings. The summed E-state index contributed by atoms with van der Waals surface area (Å²) in [6.07, 6.45) is 10.2. The fraction of sp³-hybridized carbons (Fsp3) is 0.500. The first-order chi connectivity index (χ1) is 8.83. The topological polar surface area (TPSA) is 12.0 Å². The van der Waals surface area contributed by atoms with Gasteiger partial charge in [0.05, 0.1) is 0 Å². The van der Waals surface area contributed by atoms with Crippen LogP contribution in [0.5, 0.6) is 0 Å². The van der Waals surface area contributed by atoms with Gasteiger partial charge >= 0.3 is 0 Å². The van der Waals surface area contributed by atoms with Gasteiger partial charge in [0.1, 0.15) is 0 Å². The molecule has 0 saturated heterocycles. The van der Waals surface area contributed by atoms with Crippen LogP contribution in [-0.4, -0.2) is 6.04 Å². The van der Waals surface area contributed by atoms with E-state index in [1.807, 2.05) is 6.07 Å². The zero-order chi connectivity index (χ0) is 12.4. The summed E-state index contributed by atoms with van der Waals surface area (Å²) in [4.78, 5) is 0. The fourth-order valence-electron chi connectivity index (χ4n) is 2.65. The molecule has 1 aromatic carbocycles. The second-order valence-corrected chi connectivity index (χ2v) is 5.87. The van der Waals surface area contributed by atoms with Crippen molar-refractivity contribution < 1.29 is 0 Å². The Morgan fingerprint density at radius 2 is 2.11 bits per heavy atom. The first-order valence-corrected chi connectivity index (χ1v) is 7.42. The average molecular weight is 262 g/mol. The van der Waals surface area contributed by atoms with Crippen molar-refractivity contribution in [3.63, 3.8) is 0 Å². The minimum Gasteiger partial charge on any atom is -0.310 e. The molecule has 1 N–H and O–H groups in total. The van der Waals surface area contributed by atoms with Gasteiger partial charge in [-0.15, -0.1) is 0 Å². The van der Waals surface area contributed by atoms with Gasteiger partial charge in [-0.2, -0.15) is 0 Å². The van der Waals surface area contributed by atoms with Gasteiger partial charge in [0.2, 0.25) is 0 Å². The van der Waals surface area contributed by atoms with Crippen LogP contribution in [0.1, 0.15) is 49.7 Å². The smallest absolute Gasteiger partial charge is 0.0409 e. The summed E-state index contributed by atoms with van der Waals surface area (Å²) >= 11 is 6.14. The molecule has 0 unspecified atom stereocenters. The fourth-order valence-corrected chi connectivity index (χ4v) is 2.84. The maximum atomic E-state index is 6.14. The van der Waals surface area contributed by atoms with E-state index in [0.717, 1.165) is 17.6 Å². The maximum Gasteiger partial charge on any atom is 0.0409 e. The Morgan fingerprint density at radius 3 is 2.83 bits per heavy atom. The molecule has 1 fully saturated rings. The molecular formula is C16H20ClN. The molecule has 2 heteroatoms. The van der Waals surface area contributed by atoms with Crippen molar-refractivity contribution in [2.75, 3.05) is 0 Å². The molecule has 0 amide bonds. The van der Waals surface area contributed by atoms with E-state index in [-0.39, 0.29) is 0 Å². The van der Waals surface area contributed by atoms with E-state index >= 15 is 0 Å². The highest BCUT2D eigenvalue weighted by Gasteiger charge is 2.21. The molecule has 0 aromatic heterocycles. The lowest BCUT2D eigenvalue weighted by Gasteiger charge is -2.17. The number of allylic oxidation sites excluding steroid dienone is 2. The minimum atomic E-state index is 0.747. The van der Waals surface area contributed by atoms with Gasteiger partial charge in [0, 0.05) is 17.6 Å². The van der Waals surface area contributed by atoms with Crippen molar-refractivity contribution in [1.82, 2.24) is 5.32 Å². The molecule has 2 aliphatic carbocycles. The SMILES string of the molecule is Clc1ccc(C2=CCCCC2)c(CNC2CC2)c1. The molecule has 2 aliphatic rings. The molecule has 0 atom stereocenters. The Labute approximate surface area is 114 Å². The van der Waals surface area contributed by atoms with Crippen LogP contribution in [0.4, 0.5) is 0 Å². The molecule has 96 valence electrons. The zero-order valence-corrected chi connectivity index (χ0v) is 11.5. The van der Waals surface area contributed by atoms with Crippen LogP contribution < -0.4 is 5.32 Å². The highest BCUT2D eigenvalue weighted by Crippen LogP contribution is 2.31. The number of rotatable bonds is 4. The van der Waals surface area contributed by atoms with E-state index in [4.69, 9.17) is 11.6 Å². The predicted molar refractivity (Wildman–Crippen MR) is 77.8 cm³/mol. The molecule has 0 heterocycles. The number of halogens is 1. The number of hydrogen-bond donors (Lipinski definition) is 1. The Balaban J connectivity index is 1.83. The lowest BCUT2D eigenvalue weighted by Crippen LogP contribution is -2.16. The van der Waals surface area contributed by atoms with Crippen LogP contribution in [-0.2, 0) is 6.54 Å². The average Bonchev–Trinajstić information content (AvgIpc) is 3.21. The summed E-state index contributed by atoms with van der Waals surface area (Å²) in [7, 11) is 0. The van der Waals surface area contributed by atoms with E-state index in [0.29, 0.717) is 0 Å². The van der Waals surface area contributed by atoms with Gasteiger partial charge in [0.25, 0.3) is 0 Å². The molecule has 0 radical (unpaired) electrons. The highest BCUT2D eigenvalue weighted by molar-refractivity contribution is 6.30. The molecular weight excluding hydrogens is 242 g/mol. The Kier molecular flexibility index (Phi) is 3.72. The van der Waals surface area contributed by atoms with Crippen molar-refractivity contribution in [3.8, 4) is 0 Å². The second kappa shape index (κ2) is 5.46. The zero-order valence-electron chi connectivity index (χ0n) is 10.7. The minimum absolute atomic E-state index is 0.747. The number of benzene rings is 1. The quantitative estimate of drug-likeness (QED) is 0.839. The third kappa shape index (κ3) is 2.96. The maximum absolute atomic E-state index is 6.14. The van der Waals surface area contributed by atoms with Crippen LogP contribution in [0.2, 0.25) is 5.02 Å². The molecule has 0 aliphatic heterocycles. The molecule has 1 saturated carbocycles. The van der Waals surface area contributed by atoms with Gasteiger partial charge in [0.15, 0.2) is 0 Å². The van der Waals surface area contributed by atoms with Gasteiger partial charge in [-0.1, -0.05) is 23.7 Å². The van der Waals surface area contributed by atoms with Gasteiger partial charge in [-0.3, -0.25) is 0 Å². The Bertz CT molecular complexity index is 460. The van der Waals surface area contributed by atoms with E-state index in [1.165, 1.54) is 55.2 Å². The molecule has 1 nitrogen and oxygen atoms in total. The van der Waals surface area contributed by atoms with Crippen molar-refractivity contribution in [1.29, 1.82) is 0 Å².